The fourth-order valence-corrected chi connectivity index (χ4v) is 9.06. The monoisotopic (exact) mass is 942 g/mol. The van der Waals surface area contributed by atoms with Crippen molar-refractivity contribution in [2.24, 2.45) is 0 Å². The minimum absolute atomic E-state index is 0.0380. The molecule has 0 atom stereocenters. The summed E-state index contributed by atoms with van der Waals surface area (Å²) in [5.41, 5.74) is 20.2. The van der Waals surface area contributed by atoms with Crippen molar-refractivity contribution in [2.75, 3.05) is 0 Å². The fraction of sp³-hybridized carbons (Fsp3) is 0.255. The second-order valence-electron chi connectivity index (χ2n) is 17.4. The van der Waals surface area contributed by atoms with Crippen LogP contribution in [0.1, 0.15) is 104 Å². The summed E-state index contributed by atoms with van der Waals surface area (Å²) in [5.74, 6) is 1.93. The Bertz CT molecular complexity index is 2280. The van der Waals surface area contributed by atoms with Gasteiger partial charge in [-0.05, 0) is 39.5 Å². The number of hydrogen-bond acceptors (Lipinski definition) is 0. The van der Waals surface area contributed by atoms with Gasteiger partial charge in [-0.1, -0.05) is 131 Å². The van der Waals surface area contributed by atoms with Gasteiger partial charge in [-0.25, -0.2) is 12.2 Å². The SMILES string of the molecule is CC(C)(C)c1cc2c([c-]c1-c1ccccc1)Cc1cc(-c3ccccc3)c(C(C)(C)C)cc1-2.ClCc1cc(CCl)cc([C](=[Zr+2])c2cc(CCl)cc(CCl)c2)c1.[C-]1=CC=CC1. The van der Waals surface area contributed by atoms with Gasteiger partial charge in [0.05, 0.1) is 0 Å². The van der Waals surface area contributed by atoms with Gasteiger partial charge in [-0.3, -0.25) is 6.08 Å². The van der Waals surface area contributed by atoms with Gasteiger partial charge in [0, 0.05) is 0 Å². The second kappa shape index (κ2) is 20.7. The van der Waals surface area contributed by atoms with Crippen molar-refractivity contribution in [3.8, 4) is 33.4 Å². The molecule has 5 heteroatoms. The van der Waals surface area contributed by atoms with E-state index in [-0.39, 0.29) is 10.8 Å². The molecule has 304 valence electrons. The fourth-order valence-electron chi connectivity index (χ4n) is 7.73. The van der Waals surface area contributed by atoms with Crippen molar-refractivity contribution in [3.63, 3.8) is 0 Å². The Hall–Kier alpha value is -3.29. The Morgan fingerprint density at radius 2 is 1.05 bits per heavy atom. The molecule has 0 saturated heterocycles. The standard InChI is InChI=1S/C33H33.C17H14Cl4.C5H5.Zr/c1-32(2,3)30-20-26-24(18-28(30)22-13-9-7-10-14-22)17-25-19-29(23-15-11-8-12-16-23)31(21-27(25)26)33(4,5)6;18-8-14-2-12(3-15(6-14)9-19)1-13-4-16(10-20)7-17(5-13)11-21;1-2-4-5-3-1;/h7-16,18,20-21H,17H2,1-6H3;2-7H,8-11H2;1-3H,4H2;/q-1;;-1;+2. The maximum atomic E-state index is 5.99. The van der Waals surface area contributed by atoms with Crippen LogP contribution < -0.4 is 0 Å². The molecule has 2 aliphatic rings. The van der Waals surface area contributed by atoms with Crippen LogP contribution in [0.5, 0.6) is 0 Å². The number of halogens is 4. The zero-order valence-corrected chi connectivity index (χ0v) is 40.9. The van der Waals surface area contributed by atoms with Crippen LogP contribution >= 0.6 is 46.4 Å². The third-order valence-corrected chi connectivity index (χ3v) is 13.4. The third kappa shape index (κ3) is 11.4. The van der Waals surface area contributed by atoms with Gasteiger partial charge in [-0.2, -0.15) is 6.08 Å². The number of rotatable bonds is 8. The van der Waals surface area contributed by atoms with E-state index in [2.05, 4.69) is 163 Å². The molecule has 0 saturated carbocycles. The van der Waals surface area contributed by atoms with Crippen LogP contribution in [-0.2, 0) is 65.0 Å². The molecule has 6 aromatic carbocycles. The average molecular weight is 946 g/mol. The maximum Gasteiger partial charge on any atom is -0.109 e. The minimum Gasteiger partial charge on any atom is -0.273 e. The van der Waals surface area contributed by atoms with Gasteiger partial charge >= 0.3 is 167 Å². The van der Waals surface area contributed by atoms with Crippen molar-refractivity contribution in [1.82, 2.24) is 0 Å². The first-order chi connectivity index (χ1) is 28.7. The van der Waals surface area contributed by atoms with Gasteiger partial charge < -0.3 is 0 Å². The van der Waals surface area contributed by atoms with Crippen LogP contribution in [0.3, 0.4) is 0 Å². The molecule has 0 heterocycles. The number of fused-ring (bicyclic) bond motifs is 3. The molecule has 0 radical (unpaired) electrons. The van der Waals surface area contributed by atoms with Crippen molar-refractivity contribution in [1.29, 1.82) is 0 Å². The van der Waals surface area contributed by atoms with Gasteiger partial charge in [0.1, 0.15) is 0 Å². The molecular weight excluding hydrogens is 894 g/mol. The van der Waals surface area contributed by atoms with E-state index in [1.54, 1.807) is 0 Å². The first-order valence-corrected chi connectivity index (χ1v) is 23.8. The summed E-state index contributed by atoms with van der Waals surface area (Å²) in [6.45, 7) is 13.9. The van der Waals surface area contributed by atoms with Crippen LogP contribution in [0.2, 0.25) is 0 Å². The second-order valence-corrected chi connectivity index (χ2v) is 19.7. The van der Waals surface area contributed by atoms with Crippen LogP contribution in [-0.4, -0.2) is 3.21 Å². The van der Waals surface area contributed by atoms with E-state index in [0.717, 1.165) is 35.1 Å². The number of hydrogen-bond donors (Lipinski definition) is 0. The molecule has 0 unspecified atom stereocenters. The molecule has 6 aromatic rings. The predicted octanol–water partition coefficient (Wildman–Crippen LogP) is 16.1. The van der Waals surface area contributed by atoms with E-state index >= 15 is 0 Å². The molecule has 0 spiro atoms. The minimum atomic E-state index is 0.0380. The summed E-state index contributed by atoms with van der Waals surface area (Å²) in [7, 11) is 0. The molecule has 60 heavy (non-hydrogen) atoms. The Labute approximate surface area is 394 Å². The molecule has 0 bridgehead atoms. The van der Waals surface area contributed by atoms with Crippen molar-refractivity contribution >= 4 is 49.6 Å². The summed E-state index contributed by atoms with van der Waals surface area (Å²) in [4.78, 5) is 0. The van der Waals surface area contributed by atoms with E-state index < -0.39 is 0 Å². The smallest absolute Gasteiger partial charge is 0.109 e. The van der Waals surface area contributed by atoms with E-state index in [4.69, 9.17) is 46.4 Å². The van der Waals surface area contributed by atoms with Gasteiger partial charge in [-0.15, -0.1) is 35.2 Å². The topological polar surface area (TPSA) is 0 Å². The molecule has 8 rings (SSSR count). The summed E-state index contributed by atoms with van der Waals surface area (Å²) < 4.78 is 1.25. The molecule has 0 N–H and O–H groups in total. The van der Waals surface area contributed by atoms with Gasteiger partial charge in [0.25, 0.3) is 0 Å². The predicted molar refractivity (Wildman–Crippen MR) is 258 cm³/mol. The van der Waals surface area contributed by atoms with Crippen molar-refractivity contribution in [2.45, 2.75) is 88.7 Å². The van der Waals surface area contributed by atoms with Crippen molar-refractivity contribution < 1.29 is 24.2 Å². The Morgan fingerprint density at radius 3 is 1.47 bits per heavy atom. The first-order valence-electron chi connectivity index (χ1n) is 20.4. The van der Waals surface area contributed by atoms with Crippen LogP contribution in [0, 0.1) is 12.1 Å². The molecule has 0 fully saturated rings. The summed E-state index contributed by atoms with van der Waals surface area (Å²) in [5, 5.41) is 0. The number of benzene rings is 6. The quantitative estimate of drug-likeness (QED) is 0.105. The summed E-state index contributed by atoms with van der Waals surface area (Å²) >= 11 is 25.3. The Kier molecular flexibility index (Phi) is 16.0. The molecular formula is C55H52Cl4Zr. The third-order valence-electron chi connectivity index (χ3n) is 10.7. The Morgan fingerprint density at radius 1 is 0.567 bits per heavy atom. The molecule has 0 aromatic heterocycles. The normalized spacial score (nSPS) is 12.6. The van der Waals surface area contributed by atoms with Crippen LogP contribution in [0.25, 0.3) is 33.4 Å². The largest absolute Gasteiger partial charge is 0.273 e. The molecule has 0 aliphatic heterocycles. The molecule has 0 amide bonds. The van der Waals surface area contributed by atoms with Crippen molar-refractivity contribution in [3.05, 3.63) is 201 Å². The van der Waals surface area contributed by atoms with Crippen LogP contribution in [0.15, 0.2) is 133 Å². The zero-order chi connectivity index (χ0) is 43.0. The average Bonchev–Trinajstić information content (AvgIpc) is 3.97. The molecule has 0 nitrogen and oxygen atoms in total. The number of allylic oxidation sites excluding steroid dienone is 4. The Balaban J connectivity index is 0.000000192. The van der Waals surface area contributed by atoms with Crippen LogP contribution in [0.4, 0.5) is 0 Å². The van der Waals surface area contributed by atoms with E-state index in [9.17, 15) is 0 Å². The summed E-state index contributed by atoms with van der Waals surface area (Å²) in [6, 6.07) is 45.4. The first kappa shape index (κ1) is 46.2. The molecule has 2 aliphatic carbocycles. The zero-order valence-electron chi connectivity index (χ0n) is 35.5. The van der Waals surface area contributed by atoms with E-state index in [1.807, 2.05) is 24.3 Å². The van der Waals surface area contributed by atoms with Gasteiger partial charge in [0.2, 0.25) is 0 Å². The number of alkyl halides is 4. The maximum absolute atomic E-state index is 5.99. The van der Waals surface area contributed by atoms with E-state index in [0.29, 0.717) is 23.5 Å². The van der Waals surface area contributed by atoms with Gasteiger partial charge in [0.15, 0.2) is 0 Å². The summed E-state index contributed by atoms with van der Waals surface area (Å²) in [6.07, 6.45) is 10.9. The van der Waals surface area contributed by atoms with E-state index in [1.165, 1.54) is 94.2 Å².